The van der Waals surface area contributed by atoms with Gasteiger partial charge < -0.3 is 10.5 Å². The summed E-state index contributed by atoms with van der Waals surface area (Å²) >= 11 is 1.71. The quantitative estimate of drug-likeness (QED) is 0.811. The van der Waals surface area contributed by atoms with E-state index in [0.29, 0.717) is 5.92 Å². The van der Waals surface area contributed by atoms with E-state index in [0.717, 1.165) is 17.7 Å². The molecule has 2 atom stereocenters. The number of hydrogen-bond acceptors (Lipinski definition) is 3. The van der Waals surface area contributed by atoms with Gasteiger partial charge in [0.15, 0.2) is 0 Å². The van der Waals surface area contributed by atoms with Gasteiger partial charge in [-0.3, -0.25) is 0 Å². The summed E-state index contributed by atoms with van der Waals surface area (Å²) in [7, 11) is 0. The Balaban J connectivity index is 2.30. The second-order valence-corrected chi connectivity index (χ2v) is 6.78. The number of rotatable bonds is 6. The van der Waals surface area contributed by atoms with Crippen molar-refractivity contribution in [1.82, 2.24) is 0 Å². The Hall–Kier alpha value is -1.32. The van der Waals surface area contributed by atoms with Crippen LogP contribution in [0, 0.1) is 6.92 Å². The van der Waals surface area contributed by atoms with Crippen molar-refractivity contribution in [2.45, 2.75) is 52.2 Å². The number of ether oxygens (including phenoxy) is 1. The van der Waals surface area contributed by atoms with Crippen molar-refractivity contribution in [1.29, 1.82) is 0 Å². The summed E-state index contributed by atoms with van der Waals surface area (Å²) in [4.78, 5) is 1.19. The molecule has 2 nitrogen and oxygen atoms in total. The maximum Gasteiger partial charge on any atom is 0.148 e. The molecule has 0 saturated heterocycles. The predicted molar refractivity (Wildman–Crippen MR) is 91.2 cm³/mol. The van der Waals surface area contributed by atoms with Crippen LogP contribution in [0.5, 0.6) is 5.75 Å². The molecule has 2 unspecified atom stereocenters. The first-order valence-corrected chi connectivity index (χ1v) is 8.47. The molecule has 2 rings (SSSR count). The van der Waals surface area contributed by atoms with Crippen LogP contribution in [0.4, 0.5) is 0 Å². The van der Waals surface area contributed by atoms with Crippen LogP contribution in [0.1, 0.15) is 55.2 Å². The Morgan fingerprint density at radius 3 is 2.57 bits per heavy atom. The number of benzene rings is 1. The smallest absolute Gasteiger partial charge is 0.148 e. The highest BCUT2D eigenvalue weighted by molar-refractivity contribution is 7.10. The summed E-state index contributed by atoms with van der Waals surface area (Å²) < 4.78 is 6.32. The van der Waals surface area contributed by atoms with Crippen molar-refractivity contribution in [2.24, 2.45) is 5.73 Å². The van der Waals surface area contributed by atoms with Crippen molar-refractivity contribution in [3.8, 4) is 5.75 Å². The average molecular weight is 303 g/mol. The molecule has 0 saturated carbocycles. The molecule has 0 aliphatic heterocycles. The highest BCUT2D eigenvalue weighted by atomic mass is 32.1. The summed E-state index contributed by atoms with van der Waals surface area (Å²) in [5, 5.41) is 2.07. The minimum Gasteiger partial charge on any atom is -0.483 e. The molecule has 3 heteroatoms. The Morgan fingerprint density at radius 2 is 2.00 bits per heavy atom. The molecule has 0 aliphatic carbocycles. The van der Waals surface area contributed by atoms with Crippen LogP contribution in [-0.2, 0) is 0 Å². The molecule has 21 heavy (non-hydrogen) atoms. The van der Waals surface area contributed by atoms with Gasteiger partial charge in [0.1, 0.15) is 11.9 Å². The average Bonchev–Trinajstić information content (AvgIpc) is 2.99. The van der Waals surface area contributed by atoms with Crippen LogP contribution in [0.2, 0.25) is 0 Å². The van der Waals surface area contributed by atoms with Gasteiger partial charge in [-0.05, 0) is 47.9 Å². The predicted octanol–water partition coefficient (Wildman–Crippen LogP) is 5.04. The first-order chi connectivity index (χ1) is 10.0. The topological polar surface area (TPSA) is 35.2 Å². The van der Waals surface area contributed by atoms with Crippen molar-refractivity contribution in [3.63, 3.8) is 0 Å². The SMILES string of the molecule is CCC(N)C(Oc1cc(C(C)C)ccc1C)c1cccs1. The molecule has 1 aromatic heterocycles. The van der Waals surface area contributed by atoms with E-state index in [1.165, 1.54) is 10.4 Å². The van der Waals surface area contributed by atoms with E-state index in [1.807, 2.05) is 0 Å². The van der Waals surface area contributed by atoms with E-state index >= 15 is 0 Å². The molecule has 0 aliphatic rings. The van der Waals surface area contributed by atoms with E-state index in [9.17, 15) is 0 Å². The maximum absolute atomic E-state index is 6.32. The third kappa shape index (κ3) is 3.86. The molecule has 0 radical (unpaired) electrons. The summed E-state index contributed by atoms with van der Waals surface area (Å²) in [6, 6.07) is 10.6. The molecule has 0 amide bonds. The second kappa shape index (κ2) is 7.10. The zero-order valence-electron chi connectivity index (χ0n) is 13.3. The van der Waals surface area contributed by atoms with Gasteiger partial charge in [-0.15, -0.1) is 11.3 Å². The van der Waals surface area contributed by atoms with E-state index in [1.54, 1.807) is 11.3 Å². The van der Waals surface area contributed by atoms with E-state index in [2.05, 4.69) is 63.4 Å². The van der Waals surface area contributed by atoms with Crippen LogP contribution < -0.4 is 10.5 Å². The Bertz CT molecular complexity index is 563. The molecule has 2 N–H and O–H groups in total. The highest BCUT2D eigenvalue weighted by Gasteiger charge is 2.22. The number of hydrogen-bond donors (Lipinski definition) is 1. The Kier molecular flexibility index (Phi) is 5.43. The van der Waals surface area contributed by atoms with Gasteiger partial charge in [-0.25, -0.2) is 0 Å². The molecular weight excluding hydrogens is 278 g/mol. The zero-order valence-corrected chi connectivity index (χ0v) is 14.1. The van der Waals surface area contributed by atoms with Gasteiger partial charge >= 0.3 is 0 Å². The van der Waals surface area contributed by atoms with E-state index < -0.39 is 0 Å². The van der Waals surface area contributed by atoms with Crippen LogP contribution in [0.15, 0.2) is 35.7 Å². The fraction of sp³-hybridized carbons (Fsp3) is 0.444. The van der Waals surface area contributed by atoms with Gasteiger partial charge in [0.05, 0.1) is 0 Å². The summed E-state index contributed by atoms with van der Waals surface area (Å²) in [6.07, 6.45) is 0.821. The third-order valence-electron chi connectivity index (χ3n) is 3.82. The first kappa shape index (κ1) is 16.1. The molecule has 1 aromatic carbocycles. The Labute approximate surface area is 132 Å². The lowest BCUT2D eigenvalue weighted by atomic mass is 10.0. The van der Waals surface area contributed by atoms with Crippen molar-refractivity contribution in [3.05, 3.63) is 51.7 Å². The van der Waals surface area contributed by atoms with Crippen LogP contribution in [-0.4, -0.2) is 6.04 Å². The van der Waals surface area contributed by atoms with Gasteiger partial charge in [-0.2, -0.15) is 0 Å². The van der Waals surface area contributed by atoms with Gasteiger partial charge in [0.2, 0.25) is 0 Å². The fourth-order valence-corrected chi connectivity index (χ4v) is 3.09. The summed E-state index contributed by atoms with van der Waals surface area (Å²) in [5.41, 5.74) is 8.74. The fourth-order valence-electron chi connectivity index (χ4n) is 2.26. The van der Waals surface area contributed by atoms with Gasteiger partial charge in [0, 0.05) is 10.9 Å². The summed E-state index contributed by atoms with van der Waals surface area (Å²) in [5.74, 6) is 1.44. The normalized spacial score (nSPS) is 14.2. The summed E-state index contributed by atoms with van der Waals surface area (Å²) in [6.45, 7) is 8.58. The van der Waals surface area contributed by atoms with Crippen LogP contribution in [0.3, 0.4) is 0 Å². The monoisotopic (exact) mass is 303 g/mol. The molecule has 2 aromatic rings. The lowest BCUT2D eigenvalue weighted by Crippen LogP contribution is -2.31. The van der Waals surface area contributed by atoms with Crippen LogP contribution >= 0.6 is 11.3 Å². The number of nitrogens with two attached hydrogens (primary N) is 1. The molecule has 114 valence electrons. The highest BCUT2D eigenvalue weighted by Crippen LogP contribution is 2.32. The molecule has 0 fully saturated rings. The zero-order chi connectivity index (χ0) is 15.4. The molecule has 1 heterocycles. The van der Waals surface area contributed by atoms with Gasteiger partial charge in [-0.1, -0.05) is 39.0 Å². The maximum atomic E-state index is 6.32. The molecule has 0 bridgehead atoms. The van der Waals surface area contributed by atoms with E-state index in [4.69, 9.17) is 10.5 Å². The van der Waals surface area contributed by atoms with Crippen LogP contribution in [0.25, 0.3) is 0 Å². The van der Waals surface area contributed by atoms with Crippen molar-refractivity contribution < 1.29 is 4.74 Å². The van der Waals surface area contributed by atoms with Crippen molar-refractivity contribution >= 4 is 11.3 Å². The number of thiophene rings is 1. The number of aryl methyl sites for hydroxylation is 1. The van der Waals surface area contributed by atoms with E-state index in [-0.39, 0.29) is 12.1 Å². The lowest BCUT2D eigenvalue weighted by Gasteiger charge is -2.25. The molecular formula is C18H25NOS. The van der Waals surface area contributed by atoms with Gasteiger partial charge in [0.25, 0.3) is 0 Å². The third-order valence-corrected chi connectivity index (χ3v) is 4.75. The second-order valence-electron chi connectivity index (χ2n) is 5.81. The van der Waals surface area contributed by atoms with Crippen molar-refractivity contribution in [2.75, 3.05) is 0 Å². The minimum absolute atomic E-state index is 0.00533. The first-order valence-electron chi connectivity index (χ1n) is 7.59. The standard InChI is InChI=1S/C18H25NOS/c1-5-15(19)18(17-7-6-10-21-17)20-16-11-14(12(2)3)9-8-13(16)4/h6-12,15,18H,5,19H2,1-4H3. The lowest BCUT2D eigenvalue weighted by molar-refractivity contribution is 0.173. The largest absolute Gasteiger partial charge is 0.483 e. The molecule has 0 spiro atoms. The Morgan fingerprint density at radius 1 is 1.24 bits per heavy atom. The minimum atomic E-state index is -0.0730.